The predicted octanol–water partition coefficient (Wildman–Crippen LogP) is 2.14. The van der Waals surface area contributed by atoms with E-state index in [1.54, 1.807) is 0 Å². The van der Waals surface area contributed by atoms with Crippen molar-refractivity contribution < 1.29 is 9.84 Å². The molecular weight excluding hydrogens is 246 g/mol. The molecule has 0 aliphatic carbocycles. The van der Waals surface area contributed by atoms with Gasteiger partial charge >= 0.3 is 0 Å². The van der Waals surface area contributed by atoms with E-state index >= 15 is 0 Å². The SMILES string of the molecule is CC(C)(C)c1ccc(CNCC2(CO)COC2)s1. The summed E-state index contributed by atoms with van der Waals surface area (Å²) in [4.78, 5) is 2.77. The molecule has 2 N–H and O–H groups in total. The molecular formula is C14H23NO2S. The Balaban J connectivity index is 1.82. The van der Waals surface area contributed by atoms with E-state index in [0.29, 0.717) is 13.2 Å². The lowest BCUT2D eigenvalue weighted by Crippen LogP contribution is -2.52. The summed E-state index contributed by atoms with van der Waals surface area (Å²) in [5.41, 5.74) is 0.196. The summed E-state index contributed by atoms with van der Waals surface area (Å²) in [6, 6.07) is 4.41. The lowest BCUT2D eigenvalue weighted by atomic mass is 9.87. The molecule has 0 radical (unpaired) electrons. The van der Waals surface area contributed by atoms with Crippen molar-refractivity contribution in [3.8, 4) is 0 Å². The van der Waals surface area contributed by atoms with Gasteiger partial charge in [0.25, 0.3) is 0 Å². The minimum atomic E-state index is -0.0376. The van der Waals surface area contributed by atoms with Crippen LogP contribution in [-0.2, 0) is 16.7 Å². The summed E-state index contributed by atoms with van der Waals surface area (Å²) in [6.45, 7) is 9.97. The average Bonchev–Trinajstić information content (AvgIpc) is 2.70. The fraction of sp³-hybridized carbons (Fsp3) is 0.714. The van der Waals surface area contributed by atoms with Gasteiger partial charge in [-0.3, -0.25) is 0 Å². The van der Waals surface area contributed by atoms with Crippen LogP contribution in [0.4, 0.5) is 0 Å². The van der Waals surface area contributed by atoms with Crippen LogP contribution >= 0.6 is 11.3 Å². The Morgan fingerprint density at radius 3 is 2.56 bits per heavy atom. The van der Waals surface area contributed by atoms with Crippen LogP contribution in [0, 0.1) is 5.41 Å². The van der Waals surface area contributed by atoms with Gasteiger partial charge in [0, 0.05) is 22.8 Å². The minimum absolute atomic E-state index is 0.0376. The molecule has 18 heavy (non-hydrogen) atoms. The quantitative estimate of drug-likeness (QED) is 0.860. The largest absolute Gasteiger partial charge is 0.396 e. The zero-order valence-electron chi connectivity index (χ0n) is 11.5. The van der Waals surface area contributed by atoms with Gasteiger partial charge < -0.3 is 15.2 Å². The highest BCUT2D eigenvalue weighted by Gasteiger charge is 2.37. The molecule has 0 unspecified atom stereocenters. The molecule has 1 aromatic heterocycles. The monoisotopic (exact) mass is 269 g/mol. The number of aliphatic hydroxyl groups excluding tert-OH is 1. The summed E-state index contributed by atoms with van der Waals surface area (Å²) in [5.74, 6) is 0. The first-order valence-electron chi connectivity index (χ1n) is 6.44. The Bertz CT molecular complexity index is 385. The standard InChI is InChI=1S/C14H23NO2S/c1-13(2,3)12-5-4-11(18-12)6-15-7-14(8-16)9-17-10-14/h4-5,15-16H,6-10H2,1-3H3. The lowest BCUT2D eigenvalue weighted by molar-refractivity contribution is -0.134. The number of ether oxygens (including phenoxy) is 1. The van der Waals surface area contributed by atoms with Gasteiger partial charge in [0.05, 0.1) is 25.2 Å². The molecule has 0 aromatic carbocycles. The fourth-order valence-corrected chi connectivity index (χ4v) is 3.00. The smallest absolute Gasteiger partial charge is 0.0579 e. The van der Waals surface area contributed by atoms with Gasteiger partial charge in [0.2, 0.25) is 0 Å². The Hall–Kier alpha value is -0.420. The second-order valence-corrected chi connectivity index (χ2v) is 7.44. The lowest BCUT2D eigenvalue weighted by Gasteiger charge is -2.40. The van der Waals surface area contributed by atoms with Crippen LogP contribution in [0.15, 0.2) is 12.1 Å². The first-order valence-corrected chi connectivity index (χ1v) is 7.25. The molecule has 4 heteroatoms. The highest BCUT2D eigenvalue weighted by molar-refractivity contribution is 7.12. The molecule has 1 aliphatic heterocycles. The fourth-order valence-electron chi connectivity index (χ4n) is 1.97. The number of nitrogens with one attached hydrogen (secondary N) is 1. The minimum Gasteiger partial charge on any atom is -0.396 e. The maximum absolute atomic E-state index is 9.33. The molecule has 1 aromatic rings. The van der Waals surface area contributed by atoms with Gasteiger partial charge in [-0.2, -0.15) is 0 Å². The van der Waals surface area contributed by atoms with Crippen LogP contribution < -0.4 is 5.32 Å². The number of hydrogen-bond donors (Lipinski definition) is 2. The summed E-state index contributed by atoms with van der Waals surface area (Å²) in [6.07, 6.45) is 0. The summed E-state index contributed by atoms with van der Waals surface area (Å²) in [5, 5.41) is 12.8. The van der Waals surface area contributed by atoms with Gasteiger partial charge in [-0.05, 0) is 17.5 Å². The highest BCUT2D eigenvalue weighted by atomic mass is 32.1. The van der Waals surface area contributed by atoms with Crippen LogP contribution in [0.1, 0.15) is 30.5 Å². The van der Waals surface area contributed by atoms with E-state index in [1.165, 1.54) is 9.75 Å². The van der Waals surface area contributed by atoms with Crippen molar-refractivity contribution in [2.45, 2.75) is 32.7 Å². The van der Waals surface area contributed by atoms with Crippen LogP contribution in [0.25, 0.3) is 0 Å². The van der Waals surface area contributed by atoms with Crippen LogP contribution in [0.5, 0.6) is 0 Å². The van der Waals surface area contributed by atoms with Crippen molar-refractivity contribution in [3.63, 3.8) is 0 Å². The second kappa shape index (κ2) is 5.29. The molecule has 2 rings (SSSR count). The second-order valence-electron chi connectivity index (χ2n) is 6.27. The summed E-state index contributed by atoms with van der Waals surface area (Å²) < 4.78 is 5.18. The molecule has 0 atom stereocenters. The first-order chi connectivity index (χ1) is 8.45. The third kappa shape index (κ3) is 3.12. The zero-order chi connectivity index (χ0) is 13.2. The molecule has 102 valence electrons. The number of hydrogen-bond acceptors (Lipinski definition) is 4. The van der Waals surface area contributed by atoms with Gasteiger partial charge in [-0.15, -0.1) is 11.3 Å². The molecule has 1 fully saturated rings. The van der Waals surface area contributed by atoms with E-state index in [-0.39, 0.29) is 17.4 Å². The van der Waals surface area contributed by atoms with Crippen molar-refractivity contribution >= 4 is 11.3 Å². The van der Waals surface area contributed by atoms with Gasteiger partial charge in [-0.1, -0.05) is 20.8 Å². The Labute approximate surface area is 113 Å². The summed E-state index contributed by atoms with van der Waals surface area (Å²) in [7, 11) is 0. The Kier molecular flexibility index (Phi) is 4.11. The number of aliphatic hydroxyl groups is 1. The average molecular weight is 269 g/mol. The molecule has 3 nitrogen and oxygen atoms in total. The molecule has 0 spiro atoms. The van der Waals surface area contributed by atoms with E-state index in [4.69, 9.17) is 4.74 Å². The third-order valence-electron chi connectivity index (χ3n) is 3.35. The molecule has 0 amide bonds. The molecule has 0 bridgehead atoms. The van der Waals surface area contributed by atoms with Crippen LogP contribution in [0.2, 0.25) is 0 Å². The normalized spacial score (nSPS) is 18.7. The number of thiophene rings is 1. The maximum atomic E-state index is 9.33. The topological polar surface area (TPSA) is 41.5 Å². The van der Waals surface area contributed by atoms with Crippen molar-refractivity contribution in [2.75, 3.05) is 26.4 Å². The highest BCUT2D eigenvalue weighted by Crippen LogP contribution is 2.30. The van der Waals surface area contributed by atoms with E-state index < -0.39 is 0 Å². The molecule has 0 saturated carbocycles. The Morgan fingerprint density at radius 2 is 2.11 bits per heavy atom. The van der Waals surface area contributed by atoms with Crippen molar-refractivity contribution in [1.82, 2.24) is 5.32 Å². The van der Waals surface area contributed by atoms with Crippen LogP contribution in [0.3, 0.4) is 0 Å². The van der Waals surface area contributed by atoms with Crippen molar-refractivity contribution in [1.29, 1.82) is 0 Å². The van der Waals surface area contributed by atoms with Gasteiger partial charge in [-0.25, -0.2) is 0 Å². The molecule has 1 saturated heterocycles. The zero-order valence-corrected chi connectivity index (χ0v) is 12.3. The van der Waals surface area contributed by atoms with E-state index in [1.807, 2.05) is 11.3 Å². The van der Waals surface area contributed by atoms with Crippen molar-refractivity contribution in [3.05, 3.63) is 21.9 Å². The first kappa shape index (κ1) is 14.0. The van der Waals surface area contributed by atoms with Crippen molar-refractivity contribution in [2.24, 2.45) is 5.41 Å². The van der Waals surface area contributed by atoms with E-state index in [0.717, 1.165) is 13.1 Å². The number of rotatable bonds is 5. The van der Waals surface area contributed by atoms with Gasteiger partial charge in [0.1, 0.15) is 0 Å². The van der Waals surface area contributed by atoms with Crippen LogP contribution in [-0.4, -0.2) is 31.5 Å². The third-order valence-corrected chi connectivity index (χ3v) is 4.86. The van der Waals surface area contributed by atoms with Gasteiger partial charge in [0.15, 0.2) is 0 Å². The van der Waals surface area contributed by atoms with E-state index in [2.05, 4.69) is 38.2 Å². The Morgan fingerprint density at radius 1 is 1.39 bits per heavy atom. The molecule has 2 heterocycles. The molecule has 1 aliphatic rings. The van der Waals surface area contributed by atoms with E-state index in [9.17, 15) is 5.11 Å². The maximum Gasteiger partial charge on any atom is 0.0579 e. The summed E-state index contributed by atoms with van der Waals surface area (Å²) >= 11 is 1.87. The predicted molar refractivity (Wildman–Crippen MR) is 75.1 cm³/mol.